The van der Waals surface area contributed by atoms with Gasteiger partial charge in [0.25, 0.3) is 0 Å². The van der Waals surface area contributed by atoms with Crippen molar-refractivity contribution in [3.63, 3.8) is 0 Å². The number of benzene rings is 1. The number of oxime groups is 1. The topological polar surface area (TPSA) is 88.8 Å². The quantitative estimate of drug-likeness (QED) is 0.620. The first kappa shape index (κ1) is 16.1. The molecule has 22 heavy (non-hydrogen) atoms. The molecule has 2 rings (SSSR count). The lowest BCUT2D eigenvalue weighted by Crippen LogP contribution is -1.98. The first-order valence-electron chi connectivity index (χ1n) is 6.05. The number of hydrogen-bond donors (Lipinski definition) is 0. The van der Waals surface area contributed by atoms with Gasteiger partial charge in [-0.25, -0.2) is 0 Å². The molecule has 0 saturated carbocycles. The summed E-state index contributed by atoms with van der Waals surface area (Å²) in [6, 6.07) is 9.30. The highest BCUT2D eigenvalue weighted by Crippen LogP contribution is 2.36. The van der Waals surface area contributed by atoms with E-state index in [1.54, 1.807) is 30.4 Å². The number of methoxy groups -OCH3 is 1. The van der Waals surface area contributed by atoms with Crippen LogP contribution in [0.2, 0.25) is 0 Å². The summed E-state index contributed by atoms with van der Waals surface area (Å²) in [7, 11) is -2.12. The summed E-state index contributed by atoms with van der Waals surface area (Å²) in [5.74, 6) is 0.582. The van der Waals surface area contributed by atoms with E-state index >= 15 is 0 Å². The fourth-order valence-electron chi connectivity index (χ4n) is 1.71. The van der Waals surface area contributed by atoms with E-state index in [1.165, 1.54) is 7.11 Å². The van der Waals surface area contributed by atoms with Crippen molar-refractivity contribution in [1.29, 1.82) is 5.26 Å². The van der Waals surface area contributed by atoms with Crippen molar-refractivity contribution in [1.82, 2.24) is 0 Å². The van der Waals surface area contributed by atoms with Crippen molar-refractivity contribution in [3.05, 3.63) is 46.9 Å². The fraction of sp³-hybridized carbons (Fsp3) is 0.143. The summed E-state index contributed by atoms with van der Waals surface area (Å²) in [5, 5.41) is 13.3. The van der Waals surface area contributed by atoms with Gasteiger partial charge in [-0.3, -0.25) is 4.28 Å². The van der Waals surface area contributed by atoms with Crippen LogP contribution in [0.25, 0.3) is 5.57 Å². The standard InChI is InChI=1S/C14H12N2O4S2/c1-19-12-6-4-3-5-10(12)11(9-15)13-7-8-14(21-13)16-20-22(2,17)18/h3-8H,1-2H3/b13-11-,16-14+. The minimum absolute atomic E-state index is 0.350. The third kappa shape index (κ3) is 3.90. The number of nitriles is 1. The molecular weight excluding hydrogens is 324 g/mol. The minimum atomic E-state index is -3.65. The van der Waals surface area contributed by atoms with Crippen LogP contribution in [0, 0.1) is 11.3 Å². The fourth-order valence-corrected chi connectivity index (χ4v) is 2.81. The largest absolute Gasteiger partial charge is 0.496 e. The Hall–Kier alpha value is -2.24. The molecule has 0 amide bonds. The second kappa shape index (κ2) is 6.68. The molecule has 8 heteroatoms. The zero-order valence-corrected chi connectivity index (χ0v) is 13.4. The van der Waals surface area contributed by atoms with Crippen LogP contribution in [0.15, 0.2) is 46.5 Å². The van der Waals surface area contributed by atoms with Crippen molar-refractivity contribution >= 4 is 32.5 Å². The van der Waals surface area contributed by atoms with E-state index < -0.39 is 10.1 Å². The Balaban J connectivity index is 2.35. The van der Waals surface area contributed by atoms with E-state index in [1.807, 2.05) is 6.07 Å². The summed E-state index contributed by atoms with van der Waals surface area (Å²) >= 11 is 1.15. The summed E-state index contributed by atoms with van der Waals surface area (Å²) in [5.41, 5.74) is 1.08. The summed E-state index contributed by atoms with van der Waals surface area (Å²) < 4.78 is 31.5. The molecule has 1 aromatic rings. The number of hydrogen-bond acceptors (Lipinski definition) is 7. The van der Waals surface area contributed by atoms with Gasteiger partial charge in [0.15, 0.2) is 0 Å². The zero-order chi connectivity index (χ0) is 16.2. The van der Waals surface area contributed by atoms with Crippen LogP contribution in [0.4, 0.5) is 0 Å². The Kier molecular flexibility index (Phi) is 4.90. The normalized spacial score (nSPS) is 18.1. The molecule has 0 N–H and O–H groups in total. The Morgan fingerprint density at radius 3 is 2.68 bits per heavy atom. The van der Waals surface area contributed by atoms with Crippen LogP contribution in [0.3, 0.4) is 0 Å². The second-order valence-corrected chi connectivity index (χ2v) is 6.81. The molecule has 0 spiro atoms. The first-order valence-corrected chi connectivity index (χ1v) is 8.68. The molecule has 0 aliphatic carbocycles. The molecule has 0 fully saturated rings. The molecular formula is C14H12N2O4S2. The Morgan fingerprint density at radius 1 is 1.32 bits per heavy atom. The van der Waals surface area contributed by atoms with Crippen molar-refractivity contribution in [2.45, 2.75) is 0 Å². The number of thioether (sulfide) groups is 1. The maximum atomic E-state index is 10.9. The molecule has 6 nitrogen and oxygen atoms in total. The maximum absolute atomic E-state index is 10.9. The van der Waals surface area contributed by atoms with Gasteiger partial charge in [-0.15, -0.1) is 0 Å². The van der Waals surface area contributed by atoms with Crippen molar-refractivity contribution in [3.8, 4) is 11.8 Å². The van der Waals surface area contributed by atoms with Crippen LogP contribution in [0.1, 0.15) is 5.56 Å². The van der Waals surface area contributed by atoms with Crippen LogP contribution in [-0.4, -0.2) is 26.8 Å². The minimum Gasteiger partial charge on any atom is -0.496 e. The third-order valence-electron chi connectivity index (χ3n) is 2.59. The van der Waals surface area contributed by atoms with E-state index in [9.17, 15) is 13.7 Å². The molecule has 0 radical (unpaired) electrons. The average Bonchev–Trinajstić information content (AvgIpc) is 2.94. The molecule has 0 saturated heterocycles. The number of ether oxygens (including phenoxy) is 1. The van der Waals surface area contributed by atoms with Crippen LogP contribution < -0.4 is 4.74 Å². The summed E-state index contributed by atoms with van der Waals surface area (Å²) in [4.78, 5) is 0.642. The van der Waals surface area contributed by atoms with Gasteiger partial charge in [0, 0.05) is 10.5 Å². The first-order chi connectivity index (χ1) is 10.4. The van der Waals surface area contributed by atoms with Crippen LogP contribution in [-0.2, 0) is 14.4 Å². The van der Waals surface area contributed by atoms with Gasteiger partial charge in [0.2, 0.25) is 0 Å². The van der Waals surface area contributed by atoms with Gasteiger partial charge >= 0.3 is 10.1 Å². The van der Waals surface area contributed by atoms with Crippen LogP contribution in [0.5, 0.6) is 5.75 Å². The Bertz CT molecular complexity index is 817. The molecule has 0 aromatic heterocycles. The van der Waals surface area contributed by atoms with Gasteiger partial charge in [-0.2, -0.15) is 13.7 Å². The Labute approximate surface area is 132 Å². The zero-order valence-electron chi connectivity index (χ0n) is 11.8. The molecule has 0 unspecified atom stereocenters. The predicted octanol–water partition coefficient (Wildman–Crippen LogP) is 2.52. The van der Waals surface area contributed by atoms with Crippen molar-refractivity contribution < 1.29 is 17.4 Å². The number of para-hydroxylation sites is 1. The van der Waals surface area contributed by atoms with Crippen LogP contribution >= 0.6 is 11.8 Å². The van der Waals surface area contributed by atoms with Gasteiger partial charge < -0.3 is 4.74 Å². The van der Waals surface area contributed by atoms with Gasteiger partial charge in [-0.05, 0) is 24.3 Å². The highest BCUT2D eigenvalue weighted by Gasteiger charge is 2.18. The third-order valence-corrected chi connectivity index (χ3v) is 3.91. The second-order valence-electron chi connectivity index (χ2n) is 4.19. The SMILES string of the molecule is COc1ccccc1/C(C#N)=C1C=C/C(=N\OS(C)(=O)=O)S/1. The van der Waals surface area contributed by atoms with Crippen molar-refractivity contribution in [2.24, 2.45) is 5.16 Å². The monoisotopic (exact) mass is 336 g/mol. The van der Waals surface area contributed by atoms with Crippen molar-refractivity contribution in [2.75, 3.05) is 13.4 Å². The van der Waals surface area contributed by atoms with Gasteiger partial charge in [-0.1, -0.05) is 29.1 Å². The Morgan fingerprint density at radius 2 is 2.05 bits per heavy atom. The molecule has 0 atom stereocenters. The predicted molar refractivity (Wildman–Crippen MR) is 85.6 cm³/mol. The van der Waals surface area contributed by atoms with Gasteiger partial charge in [0.1, 0.15) is 16.9 Å². The number of rotatable bonds is 4. The molecule has 114 valence electrons. The molecule has 0 bridgehead atoms. The average molecular weight is 336 g/mol. The van der Waals surface area contributed by atoms with E-state index in [0.717, 1.165) is 18.0 Å². The number of allylic oxidation sites excluding steroid dienone is 2. The highest BCUT2D eigenvalue weighted by atomic mass is 32.2. The summed E-state index contributed by atoms with van der Waals surface area (Å²) in [6.07, 6.45) is 4.17. The smallest absolute Gasteiger partial charge is 0.325 e. The van der Waals surface area contributed by atoms with E-state index in [0.29, 0.717) is 26.8 Å². The number of nitrogens with zero attached hydrogens (tertiary/aromatic N) is 2. The lowest BCUT2D eigenvalue weighted by atomic mass is 10.1. The molecule has 1 aliphatic rings. The highest BCUT2D eigenvalue weighted by molar-refractivity contribution is 8.18. The maximum Gasteiger partial charge on any atom is 0.325 e. The van der Waals surface area contributed by atoms with Gasteiger partial charge in [0.05, 0.1) is 18.9 Å². The van der Waals surface area contributed by atoms with E-state index in [4.69, 9.17) is 4.74 Å². The molecule has 1 aromatic carbocycles. The molecule has 1 aliphatic heterocycles. The molecule has 1 heterocycles. The van der Waals surface area contributed by atoms with E-state index in [-0.39, 0.29) is 0 Å². The lowest BCUT2D eigenvalue weighted by Gasteiger charge is -2.08. The lowest BCUT2D eigenvalue weighted by molar-refractivity contribution is 0.345. The van der Waals surface area contributed by atoms with E-state index in [2.05, 4.69) is 15.5 Å². The summed E-state index contributed by atoms with van der Waals surface area (Å²) in [6.45, 7) is 0.